The summed E-state index contributed by atoms with van der Waals surface area (Å²) in [6.45, 7) is 3.36. The van der Waals surface area contributed by atoms with Gasteiger partial charge in [0, 0.05) is 13.2 Å². The Bertz CT molecular complexity index is 479. The maximum absolute atomic E-state index is 12.0. The molecule has 4 nitrogen and oxygen atoms in total. The van der Waals surface area contributed by atoms with E-state index in [0.29, 0.717) is 11.4 Å². The van der Waals surface area contributed by atoms with Crippen molar-refractivity contribution in [2.75, 3.05) is 11.4 Å². The SMILES string of the molecule is CN1c2cccnc2C(C)(C)S1(=O)=O. The van der Waals surface area contributed by atoms with E-state index in [1.165, 1.54) is 4.31 Å². The maximum Gasteiger partial charge on any atom is 0.246 e. The summed E-state index contributed by atoms with van der Waals surface area (Å²) in [6.07, 6.45) is 1.62. The van der Waals surface area contributed by atoms with E-state index in [1.54, 1.807) is 39.2 Å². The Labute approximate surface area is 83.6 Å². The van der Waals surface area contributed by atoms with Gasteiger partial charge in [0.05, 0.1) is 11.4 Å². The van der Waals surface area contributed by atoms with Crippen LogP contribution in [-0.4, -0.2) is 20.4 Å². The topological polar surface area (TPSA) is 50.3 Å². The van der Waals surface area contributed by atoms with Gasteiger partial charge in [-0.25, -0.2) is 8.42 Å². The van der Waals surface area contributed by atoms with Crippen molar-refractivity contribution in [2.24, 2.45) is 0 Å². The highest BCUT2D eigenvalue weighted by atomic mass is 32.2. The third-order valence-corrected chi connectivity index (χ3v) is 5.10. The van der Waals surface area contributed by atoms with Crippen molar-refractivity contribution in [1.82, 2.24) is 4.98 Å². The third kappa shape index (κ3) is 0.877. The van der Waals surface area contributed by atoms with Crippen LogP contribution in [0.3, 0.4) is 0 Å². The highest BCUT2D eigenvalue weighted by molar-refractivity contribution is 7.94. The second kappa shape index (κ2) is 2.48. The highest BCUT2D eigenvalue weighted by Crippen LogP contribution is 2.43. The molecule has 0 radical (unpaired) electrons. The van der Waals surface area contributed by atoms with Crippen LogP contribution in [0.5, 0.6) is 0 Å². The molecule has 0 N–H and O–H groups in total. The lowest BCUT2D eigenvalue weighted by Gasteiger charge is -2.18. The molecule has 1 aliphatic rings. The van der Waals surface area contributed by atoms with Crippen molar-refractivity contribution in [3.63, 3.8) is 0 Å². The quantitative estimate of drug-likeness (QED) is 0.647. The van der Waals surface area contributed by atoms with Crippen molar-refractivity contribution in [3.8, 4) is 0 Å². The molecule has 0 aromatic carbocycles. The molecule has 1 aromatic heterocycles. The monoisotopic (exact) mass is 212 g/mol. The van der Waals surface area contributed by atoms with E-state index in [4.69, 9.17) is 0 Å². The minimum absolute atomic E-state index is 0.627. The molecule has 0 aliphatic carbocycles. The van der Waals surface area contributed by atoms with Crippen LogP contribution in [0.4, 0.5) is 5.69 Å². The van der Waals surface area contributed by atoms with Crippen LogP contribution in [0.25, 0.3) is 0 Å². The molecule has 0 saturated heterocycles. The molecule has 1 aliphatic heterocycles. The van der Waals surface area contributed by atoms with Crippen LogP contribution in [0.2, 0.25) is 0 Å². The van der Waals surface area contributed by atoms with Gasteiger partial charge in [-0.05, 0) is 26.0 Å². The smallest absolute Gasteiger partial charge is 0.246 e. The maximum atomic E-state index is 12.0. The Kier molecular flexibility index (Phi) is 1.67. The summed E-state index contributed by atoms with van der Waals surface area (Å²) in [7, 11) is -1.73. The number of hydrogen-bond acceptors (Lipinski definition) is 3. The van der Waals surface area contributed by atoms with Crippen molar-refractivity contribution in [2.45, 2.75) is 18.6 Å². The number of nitrogens with zero attached hydrogens (tertiary/aromatic N) is 2. The van der Waals surface area contributed by atoms with Crippen LogP contribution in [0.15, 0.2) is 18.3 Å². The normalized spacial score (nSPS) is 22.1. The Balaban J connectivity index is 2.81. The summed E-state index contributed by atoms with van der Waals surface area (Å²) in [5.74, 6) is 0. The van der Waals surface area contributed by atoms with E-state index in [9.17, 15) is 8.42 Å². The first-order valence-electron chi connectivity index (χ1n) is 4.33. The second-order valence-electron chi connectivity index (χ2n) is 3.85. The summed E-state index contributed by atoms with van der Waals surface area (Å²) in [4.78, 5) is 4.14. The molecule has 14 heavy (non-hydrogen) atoms. The first-order chi connectivity index (χ1) is 6.39. The fourth-order valence-corrected chi connectivity index (χ4v) is 3.20. The number of pyridine rings is 1. The van der Waals surface area contributed by atoms with E-state index in [1.807, 2.05) is 0 Å². The fraction of sp³-hybridized carbons (Fsp3) is 0.444. The molecule has 2 heterocycles. The zero-order valence-electron chi connectivity index (χ0n) is 8.35. The minimum atomic E-state index is -3.29. The molecule has 0 unspecified atom stereocenters. The first kappa shape index (κ1) is 9.45. The average Bonchev–Trinajstić information content (AvgIpc) is 2.27. The molecule has 2 rings (SSSR count). The molecule has 0 bridgehead atoms. The zero-order chi connectivity index (χ0) is 10.6. The van der Waals surface area contributed by atoms with Gasteiger partial charge in [0.1, 0.15) is 4.75 Å². The zero-order valence-corrected chi connectivity index (χ0v) is 9.17. The van der Waals surface area contributed by atoms with Crippen LogP contribution in [-0.2, 0) is 14.8 Å². The minimum Gasteiger partial charge on any atom is -0.271 e. The molecule has 5 heteroatoms. The lowest BCUT2D eigenvalue weighted by atomic mass is 10.1. The highest BCUT2D eigenvalue weighted by Gasteiger charge is 2.49. The van der Waals surface area contributed by atoms with E-state index >= 15 is 0 Å². The third-order valence-electron chi connectivity index (χ3n) is 2.70. The van der Waals surface area contributed by atoms with Gasteiger partial charge in [0.15, 0.2) is 0 Å². The van der Waals surface area contributed by atoms with E-state index in [2.05, 4.69) is 4.98 Å². The van der Waals surface area contributed by atoms with Crippen molar-refractivity contribution in [3.05, 3.63) is 24.0 Å². The number of hydrogen-bond donors (Lipinski definition) is 0. The Morgan fingerprint density at radius 3 is 2.64 bits per heavy atom. The fourth-order valence-electron chi connectivity index (χ4n) is 1.71. The van der Waals surface area contributed by atoms with Crippen molar-refractivity contribution in [1.29, 1.82) is 0 Å². The number of rotatable bonds is 0. The standard InChI is InChI=1S/C9H12N2O2S/c1-9(2)8-7(5-4-6-10-8)11(3)14(9,12)13/h4-6H,1-3H3. The number of fused-ring (bicyclic) bond motifs is 1. The Morgan fingerprint density at radius 2 is 2.07 bits per heavy atom. The van der Waals surface area contributed by atoms with Gasteiger partial charge in [0.25, 0.3) is 0 Å². The molecule has 0 amide bonds. The Morgan fingerprint density at radius 1 is 1.43 bits per heavy atom. The van der Waals surface area contributed by atoms with Gasteiger partial charge < -0.3 is 0 Å². The predicted octanol–water partition coefficient (Wildman–Crippen LogP) is 1.10. The van der Waals surface area contributed by atoms with E-state index in [-0.39, 0.29) is 0 Å². The van der Waals surface area contributed by atoms with Gasteiger partial charge in [-0.15, -0.1) is 0 Å². The molecule has 0 spiro atoms. The number of aromatic nitrogens is 1. The summed E-state index contributed by atoms with van der Waals surface area (Å²) in [6, 6.07) is 3.51. The van der Waals surface area contributed by atoms with Crippen LogP contribution in [0.1, 0.15) is 19.5 Å². The summed E-state index contributed by atoms with van der Waals surface area (Å²) >= 11 is 0. The predicted molar refractivity (Wildman–Crippen MR) is 54.6 cm³/mol. The molecule has 76 valence electrons. The Hall–Kier alpha value is -1.10. The molecular formula is C9H12N2O2S. The average molecular weight is 212 g/mol. The molecule has 1 aromatic rings. The number of sulfonamides is 1. The van der Waals surface area contributed by atoms with E-state index < -0.39 is 14.8 Å². The summed E-state index contributed by atoms with van der Waals surface area (Å²) < 4.78 is 24.3. The summed E-state index contributed by atoms with van der Waals surface area (Å²) in [5.41, 5.74) is 1.31. The van der Waals surface area contributed by atoms with Crippen molar-refractivity contribution < 1.29 is 8.42 Å². The lowest BCUT2D eigenvalue weighted by molar-refractivity contribution is 0.558. The molecule has 0 saturated carbocycles. The van der Waals surface area contributed by atoms with Gasteiger partial charge in [-0.1, -0.05) is 0 Å². The van der Waals surface area contributed by atoms with Gasteiger partial charge in [-0.3, -0.25) is 9.29 Å². The van der Waals surface area contributed by atoms with Gasteiger partial charge in [-0.2, -0.15) is 0 Å². The van der Waals surface area contributed by atoms with Gasteiger partial charge in [0.2, 0.25) is 10.0 Å². The van der Waals surface area contributed by atoms with Crippen molar-refractivity contribution >= 4 is 15.7 Å². The number of anilines is 1. The largest absolute Gasteiger partial charge is 0.271 e. The summed E-state index contributed by atoms with van der Waals surface area (Å²) in [5, 5.41) is 0. The van der Waals surface area contributed by atoms with Gasteiger partial charge >= 0.3 is 0 Å². The molecule has 0 atom stereocenters. The van der Waals surface area contributed by atoms with Crippen LogP contribution >= 0.6 is 0 Å². The molecule has 0 fully saturated rings. The van der Waals surface area contributed by atoms with Crippen LogP contribution in [0, 0.1) is 0 Å². The lowest BCUT2D eigenvalue weighted by Crippen LogP contribution is -2.33. The van der Waals surface area contributed by atoms with E-state index in [0.717, 1.165) is 0 Å². The van der Waals surface area contributed by atoms with Crippen LogP contribution < -0.4 is 4.31 Å². The molecular weight excluding hydrogens is 200 g/mol. The second-order valence-corrected chi connectivity index (χ2v) is 6.37. The first-order valence-corrected chi connectivity index (χ1v) is 5.77.